The summed E-state index contributed by atoms with van der Waals surface area (Å²) in [6.07, 6.45) is 6.80. The predicted octanol–water partition coefficient (Wildman–Crippen LogP) is 4.04. The summed E-state index contributed by atoms with van der Waals surface area (Å²) in [5.74, 6) is 0.667. The molecule has 0 amide bonds. The Morgan fingerprint density at radius 3 is 2.55 bits per heavy atom. The van der Waals surface area contributed by atoms with Crippen LogP contribution in [0.4, 0.5) is 5.82 Å². The lowest BCUT2D eigenvalue weighted by Crippen LogP contribution is -1.92. The van der Waals surface area contributed by atoms with E-state index in [-0.39, 0.29) is 11.6 Å². The first-order chi connectivity index (χ1) is 14.2. The lowest BCUT2D eigenvalue weighted by molar-refractivity contribution is 0.476. The van der Waals surface area contributed by atoms with Gasteiger partial charge in [-0.3, -0.25) is 9.97 Å². The molecule has 0 radical (unpaired) electrons. The molecule has 4 N–H and O–H groups in total. The van der Waals surface area contributed by atoms with Crippen LogP contribution in [0.1, 0.15) is 0 Å². The number of H-pyrrole nitrogens is 1. The minimum atomic E-state index is -0.0837. The zero-order valence-corrected chi connectivity index (χ0v) is 15.2. The maximum atomic E-state index is 10.0. The fraction of sp³-hybridized carbons (Fsp3) is 0. The number of imidazole rings is 1. The average Bonchev–Trinajstić information content (AvgIpc) is 3.21. The van der Waals surface area contributed by atoms with E-state index >= 15 is 0 Å². The highest BCUT2D eigenvalue weighted by Gasteiger charge is 2.18. The molecule has 0 unspecified atom stereocenters. The smallest absolute Gasteiger partial charge is 0.165 e. The number of hydrogen-bond acceptors (Lipinski definition) is 6. The van der Waals surface area contributed by atoms with E-state index < -0.39 is 0 Å². The van der Waals surface area contributed by atoms with Crippen LogP contribution in [0.25, 0.3) is 44.8 Å². The highest BCUT2D eigenvalue weighted by atomic mass is 16.3. The number of nitrogens with zero attached hydrogens (tertiary/aromatic N) is 4. The van der Waals surface area contributed by atoms with E-state index in [1.165, 1.54) is 0 Å². The van der Waals surface area contributed by atoms with Crippen LogP contribution in [0.5, 0.6) is 5.75 Å². The van der Waals surface area contributed by atoms with Crippen molar-refractivity contribution in [2.75, 3.05) is 5.73 Å². The second-order valence-electron chi connectivity index (χ2n) is 6.55. The van der Waals surface area contributed by atoms with Crippen molar-refractivity contribution in [3.05, 3.63) is 73.3 Å². The van der Waals surface area contributed by atoms with Crippen molar-refractivity contribution in [2.45, 2.75) is 0 Å². The first-order valence-corrected chi connectivity index (χ1v) is 9.00. The lowest BCUT2D eigenvalue weighted by Gasteiger charge is -2.04. The van der Waals surface area contributed by atoms with Crippen LogP contribution < -0.4 is 5.73 Å². The molecule has 0 saturated carbocycles. The highest BCUT2D eigenvalue weighted by Crippen LogP contribution is 2.35. The molecule has 5 rings (SSSR count). The number of fused-ring (bicyclic) bond motifs is 1. The van der Waals surface area contributed by atoms with E-state index in [1.54, 1.807) is 30.9 Å². The molecular weight excluding hydrogens is 364 g/mol. The number of nitrogen functional groups attached to an aromatic ring is 1. The van der Waals surface area contributed by atoms with Gasteiger partial charge in [-0.15, -0.1) is 0 Å². The van der Waals surface area contributed by atoms with Gasteiger partial charge in [-0.05, 0) is 30.3 Å². The summed E-state index contributed by atoms with van der Waals surface area (Å²) in [4.78, 5) is 21.0. The minimum Gasteiger partial charge on any atom is -0.504 e. The Bertz CT molecular complexity index is 1320. The minimum absolute atomic E-state index is 0.0771. The zero-order valence-electron chi connectivity index (χ0n) is 15.2. The number of para-hydroxylation sites is 1. The molecule has 0 spiro atoms. The molecule has 1 aromatic carbocycles. The van der Waals surface area contributed by atoms with Crippen LogP contribution in [0.2, 0.25) is 0 Å². The summed E-state index contributed by atoms with van der Waals surface area (Å²) in [6.45, 7) is 0. The van der Waals surface area contributed by atoms with Crippen LogP contribution in [0.15, 0.2) is 73.3 Å². The van der Waals surface area contributed by atoms with E-state index in [9.17, 15) is 5.11 Å². The number of pyridine rings is 3. The van der Waals surface area contributed by atoms with Gasteiger partial charge in [-0.2, -0.15) is 0 Å². The third-order valence-electron chi connectivity index (χ3n) is 4.73. The van der Waals surface area contributed by atoms with Crippen LogP contribution in [0, 0.1) is 0 Å². The van der Waals surface area contributed by atoms with Gasteiger partial charge in [0.1, 0.15) is 5.82 Å². The normalized spacial score (nSPS) is 11.0. The fourth-order valence-electron chi connectivity index (χ4n) is 3.33. The molecule has 7 heteroatoms. The first-order valence-electron chi connectivity index (χ1n) is 9.00. The largest absolute Gasteiger partial charge is 0.504 e. The summed E-state index contributed by atoms with van der Waals surface area (Å²) in [5.41, 5.74) is 10.4. The van der Waals surface area contributed by atoms with Gasteiger partial charge in [0.15, 0.2) is 11.6 Å². The SMILES string of the molecule is Nc1ncc(-c2nc(-c3cccc4cccnc34)[nH]c2-c2ccncc2)cc1O. The van der Waals surface area contributed by atoms with Gasteiger partial charge in [-0.1, -0.05) is 18.2 Å². The van der Waals surface area contributed by atoms with E-state index in [2.05, 4.69) is 19.9 Å². The molecule has 0 aliphatic heterocycles. The van der Waals surface area contributed by atoms with E-state index in [4.69, 9.17) is 10.7 Å². The van der Waals surface area contributed by atoms with Gasteiger partial charge in [0.25, 0.3) is 0 Å². The monoisotopic (exact) mass is 380 g/mol. The van der Waals surface area contributed by atoms with E-state index in [1.807, 2.05) is 42.5 Å². The third-order valence-corrected chi connectivity index (χ3v) is 4.73. The summed E-state index contributed by atoms with van der Waals surface area (Å²) >= 11 is 0. The molecule has 0 saturated heterocycles. The van der Waals surface area contributed by atoms with Crippen LogP contribution in [-0.4, -0.2) is 30.0 Å². The maximum Gasteiger partial charge on any atom is 0.165 e. The molecule has 4 heterocycles. The van der Waals surface area contributed by atoms with E-state index in [0.29, 0.717) is 17.1 Å². The van der Waals surface area contributed by atoms with Gasteiger partial charge in [-0.25, -0.2) is 9.97 Å². The van der Waals surface area contributed by atoms with Crippen molar-refractivity contribution in [1.29, 1.82) is 0 Å². The van der Waals surface area contributed by atoms with Crippen molar-refractivity contribution < 1.29 is 5.11 Å². The Morgan fingerprint density at radius 1 is 0.897 bits per heavy atom. The fourth-order valence-corrected chi connectivity index (χ4v) is 3.33. The lowest BCUT2D eigenvalue weighted by atomic mass is 10.1. The van der Waals surface area contributed by atoms with E-state index in [0.717, 1.165) is 27.7 Å². The maximum absolute atomic E-state index is 10.0. The molecule has 0 atom stereocenters. The molecule has 4 aromatic heterocycles. The number of anilines is 1. The van der Waals surface area contributed by atoms with Gasteiger partial charge < -0.3 is 15.8 Å². The van der Waals surface area contributed by atoms with Crippen molar-refractivity contribution in [3.63, 3.8) is 0 Å². The number of aromatic nitrogens is 5. The summed E-state index contributed by atoms with van der Waals surface area (Å²) in [6, 6.07) is 15.2. The number of aromatic amines is 1. The van der Waals surface area contributed by atoms with Gasteiger partial charge >= 0.3 is 0 Å². The molecular formula is C22H16N6O. The molecule has 140 valence electrons. The number of nitrogens with one attached hydrogen (secondary N) is 1. The van der Waals surface area contributed by atoms with Crippen LogP contribution in [-0.2, 0) is 0 Å². The molecule has 0 fully saturated rings. The average molecular weight is 380 g/mol. The predicted molar refractivity (Wildman–Crippen MR) is 112 cm³/mol. The van der Waals surface area contributed by atoms with Crippen molar-refractivity contribution in [2.24, 2.45) is 0 Å². The number of aromatic hydroxyl groups is 1. The number of hydrogen-bond donors (Lipinski definition) is 3. The number of rotatable bonds is 3. The quantitative estimate of drug-likeness (QED) is 0.435. The van der Waals surface area contributed by atoms with Crippen LogP contribution in [0.3, 0.4) is 0 Å². The summed E-state index contributed by atoms with van der Waals surface area (Å²) in [7, 11) is 0. The van der Waals surface area contributed by atoms with Gasteiger partial charge in [0, 0.05) is 46.9 Å². The Labute approximate surface area is 166 Å². The Morgan fingerprint density at radius 2 is 1.72 bits per heavy atom. The summed E-state index contributed by atoms with van der Waals surface area (Å²) in [5, 5.41) is 11.1. The van der Waals surface area contributed by atoms with Gasteiger partial charge in [0.2, 0.25) is 0 Å². The van der Waals surface area contributed by atoms with Gasteiger partial charge in [0.05, 0.1) is 16.9 Å². The molecule has 7 nitrogen and oxygen atoms in total. The molecule has 5 aromatic rings. The summed E-state index contributed by atoms with van der Waals surface area (Å²) < 4.78 is 0. The first kappa shape index (κ1) is 16.9. The van der Waals surface area contributed by atoms with Crippen molar-refractivity contribution in [1.82, 2.24) is 24.9 Å². The Hall–Kier alpha value is -4.26. The molecule has 0 aliphatic rings. The Balaban J connectivity index is 1.76. The standard InChI is InChI=1S/C22H16N6O/c23-21-17(29)11-15(12-26-21)20-19(14-6-9-24-10-7-14)27-22(28-20)16-5-1-3-13-4-2-8-25-18(13)16/h1-12,29H,(H2,23,26)(H,27,28). The molecule has 0 aliphatic carbocycles. The Kier molecular flexibility index (Phi) is 3.91. The van der Waals surface area contributed by atoms with Crippen molar-refractivity contribution >= 4 is 16.7 Å². The number of nitrogens with two attached hydrogens (primary N) is 1. The second-order valence-corrected chi connectivity index (χ2v) is 6.55. The topological polar surface area (TPSA) is 114 Å². The molecule has 29 heavy (non-hydrogen) atoms. The third kappa shape index (κ3) is 2.94. The number of benzene rings is 1. The van der Waals surface area contributed by atoms with Crippen LogP contribution >= 0.6 is 0 Å². The molecule has 0 bridgehead atoms. The zero-order chi connectivity index (χ0) is 19.8. The highest BCUT2D eigenvalue weighted by molar-refractivity contribution is 5.93. The second kappa shape index (κ2) is 6.72. The van der Waals surface area contributed by atoms with Crippen molar-refractivity contribution in [3.8, 4) is 39.7 Å².